The summed E-state index contributed by atoms with van der Waals surface area (Å²) in [7, 11) is 1.17. The van der Waals surface area contributed by atoms with E-state index in [1.54, 1.807) is 4.90 Å². The lowest BCUT2D eigenvalue weighted by molar-refractivity contribution is 0.616. The largest absolute Gasteiger partial charge is 0.354 e. The Morgan fingerprint density at radius 3 is 2.45 bits per heavy atom. The van der Waals surface area contributed by atoms with Crippen LogP contribution in [0.4, 0.5) is 5.13 Å². The average molecular weight is 192 g/mol. The Bertz CT molecular complexity index is 308. The predicted molar refractivity (Wildman–Crippen MR) is 45.0 cm³/mol. The Labute approximate surface area is 70.4 Å². The molecule has 0 fully saturated rings. The maximum Gasteiger partial charge on any atom is 0.185 e. The molecule has 1 heterocycles. The van der Waals surface area contributed by atoms with Crippen LogP contribution in [0.5, 0.6) is 0 Å². The summed E-state index contributed by atoms with van der Waals surface area (Å²) in [6.45, 7) is 0. The highest BCUT2D eigenvalue weighted by Crippen LogP contribution is 2.20. The van der Waals surface area contributed by atoms with Crippen LogP contribution in [0.3, 0.4) is 0 Å². The van der Waals surface area contributed by atoms with Crippen LogP contribution in [0.2, 0.25) is 0 Å². The molecule has 11 heavy (non-hydrogen) atoms. The molecular formula is C5H8N2O2S2. The van der Waals surface area contributed by atoms with E-state index in [4.69, 9.17) is 0 Å². The van der Waals surface area contributed by atoms with Gasteiger partial charge in [0.1, 0.15) is 4.21 Å². The fraction of sp³-hybridized carbons (Fsp3) is 0.400. The zero-order valence-corrected chi connectivity index (χ0v) is 7.85. The van der Waals surface area contributed by atoms with Gasteiger partial charge in [0.15, 0.2) is 15.8 Å². The molecule has 0 atom stereocenters. The minimum Gasteiger partial charge on any atom is -0.354 e. The summed E-state index contributed by atoms with van der Waals surface area (Å²) in [5.41, 5.74) is 0. The van der Waals surface area contributed by atoms with Gasteiger partial charge in [0, 0.05) is 14.1 Å². The lowest BCUT2D eigenvalue weighted by Crippen LogP contribution is -2.07. The lowest BCUT2D eigenvalue weighted by Gasteiger charge is -2.04. The Morgan fingerprint density at radius 1 is 1.55 bits per heavy atom. The summed E-state index contributed by atoms with van der Waals surface area (Å²) < 4.78 is 21.2. The van der Waals surface area contributed by atoms with Crippen LogP contribution >= 0.6 is 11.3 Å². The van der Waals surface area contributed by atoms with Gasteiger partial charge in [-0.2, -0.15) is 0 Å². The van der Waals surface area contributed by atoms with Crippen molar-refractivity contribution in [2.24, 2.45) is 0 Å². The molecule has 0 radical (unpaired) electrons. The summed E-state index contributed by atoms with van der Waals surface area (Å²) >= 11 is 1.17. The number of thiol groups is 1. The number of hydrogen-bond donors (Lipinski definition) is 1. The van der Waals surface area contributed by atoms with Crippen LogP contribution in [-0.2, 0) is 10.7 Å². The maximum absolute atomic E-state index is 10.4. The van der Waals surface area contributed by atoms with Gasteiger partial charge in [-0.05, 0) is 0 Å². The summed E-state index contributed by atoms with van der Waals surface area (Å²) in [5.74, 6) is 0. The van der Waals surface area contributed by atoms with Crippen molar-refractivity contribution in [2.45, 2.75) is 4.21 Å². The molecule has 0 saturated carbocycles. The SMILES string of the molecule is CN(C)c1ncc([SH](=O)=O)s1. The summed E-state index contributed by atoms with van der Waals surface area (Å²) in [4.78, 5) is 5.67. The molecule has 0 aliphatic carbocycles. The number of anilines is 1. The van der Waals surface area contributed by atoms with E-state index in [9.17, 15) is 8.42 Å². The predicted octanol–water partition coefficient (Wildman–Crippen LogP) is 0.179. The molecule has 0 bridgehead atoms. The molecule has 1 aromatic heterocycles. The second-order valence-corrected chi connectivity index (χ2v) is 4.44. The highest BCUT2D eigenvalue weighted by atomic mass is 32.2. The zero-order valence-electron chi connectivity index (χ0n) is 6.14. The third kappa shape index (κ3) is 1.90. The first kappa shape index (κ1) is 8.48. The summed E-state index contributed by atoms with van der Waals surface area (Å²) in [6, 6.07) is 0. The maximum atomic E-state index is 10.4. The monoisotopic (exact) mass is 192 g/mol. The van der Waals surface area contributed by atoms with Gasteiger partial charge < -0.3 is 4.90 Å². The van der Waals surface area contributed by atoms with Crippen LogP contribution in [0.1, 0.15) is 0 Å². The molecule has 0 saturated heterocycles. The standard InChI is InChI=1S/C5H8N2O2S2/c1-7(2)5-6-3-4(10-5)11(8)9/h3,11H,1-2H3. The molecule has 62 valence electrons. The first-order valence-electron chi connectivity index (χ1n) is 2.89. The molecule has 0 aliphatic rings. The van der Waals surface area contributed by atoms with Gasteiger partial charge in [-0.15, -0.1) is 0 Å². The second kappa shape index (κ2) is 3.19. The third-order valence-corrected chi connectivity index (χ3v) is 3.21. The minimum absolute atomic E-state index is 0.309. The van der Waals surface area contributed by atoms with Crippen molar-refractivity contribution in [3.63, 3.8) is 0 Å². The Balaban J connectivity index is 2.99. The molecule has 0 aliphatic heterocycles. The van der Waals surface area contributed by atoms with Crippen LogP contribution in [-0.4, -0.2) is 27.5 Å². The topological polar surface area (TPSA) is 50.3 Å². The van der Waals surface area contributed by atoms with E-state index in [1.165, 1.54) is 17.5 Å². The second-order valence-electron chi connectivity index (χ2n) is 2.13. The Hall–Kier alpha value is -0.620. The van der Waals surface area contributed by atoms with Crippen molar-refractivity contribution < 1.29 is 8.42 Å². The van der Waals surface area contributed by atoms with E-state index < -0.39 is 10.7 Å². The first-order chi connectivity index (χ1) is 5.11. The van der Waals surface area contributed by atoms with E-state index in [-0.39, 0.29) is 0 Å². The van der Waals surface area contributed by atoms with Gasteiger partial charge >= 0.3 is 0 Å². The van der Waals surface area contributed by atoms with Crippen molar-refractivity contribution in [2.75, 3.05) is 19.0 Å². The molecular weight excluding hydrogens is 184 g/mol. The van der Waals surface area contributed by atoms with Gasteiger partial charge in [-0.25, -0.2) is 13.4 Å². The van der Waals surface area contributed by atoms with E-state index in [0.29, 0.717) is 9.34 Å². The van der Waals surface area contributed by atoms with Gasteiger partial charge in [-0.1, -0.05) is 11.3 Å². The van der Waals surface area contributed by atoms with Crippen molar-refractivity contribution in [3.05, 3.63) is 6.20 Å². The van der Waals surface area contributed by atoms with E-state index in [2.05, 4.69) is 4.98 Å². The molecule has 0 N–H and O–H groups in total. The van der Waals surface area contributed by atoms with Crippen LogP contribution < -0.4 is 4.90 Å². The van der Waals surface area contributed by atoms with Gasteiger partial charge in [0.2, 0.25) is 0 Å². The molecule has 0 spiro atoms. The molecule has 1 aromatic rings. The van der Waals surface area contributed by atoms with E-state index in [1.807, 2.05) is 14.1 Å². The van der Waals surface area contributed by atoms with Crippen LogP contribution in [0, 0.1) is 0 Å². The summed E-state index contributed by atoms with van der Waals surface area (Å²) in [6.07, 6.45) is 1.37. The fourth-order valence-electron chi connectivity index (χ4n) is 0.548. The number of thiazole rings is 1. The Morgan fingerprint density at radius 2 is 2.18 bits per heavy atom. The molecule has 0 unspecified atom stereocenters. The van der Waals surface area contributed by atoms with Crippen molar-refractivity contribution in [1.29, 1.82) is 0 Å². The molecule has 0 aromatic carbocycles. The van der Waals surface area contributed by atoms with Gasteiger partial charge in [-0.3, -0.25) is 0 Å². The highest BCUT2D eigenvalue weighted by molar-refractivity contribution is 7.75. The molecule has 6 heteroatoms. The van der Waals surface area contributed by atoms with E-state index in [0.717, 1.165) is 0 Å². The van der Waals surface area contributed by atoms with Crippen LogP contribution in [0.25, 0.3) is 0 Å². The highest BCUT2D eigenvalue weighted by Gasteiger charge is 2.03. The van der Waals surface area contributed by atoms with E-state index >= 15 is 0 Å². The number of hydrogen-bond acceptors (Lipinski definition) is 5. The molecule has 4 nitrogen and oxygen atoms in total. The van der Waals surface area contributed by atoms with Crippen LogP contribution in [0.15, 0.2) is 10.4 Å². The Kier molecular flexibility index (Phi) is 2.45. The molecule has 1 rings (SSSR count). The number of aromatic nitrogens is 1. The van der Waals surface area contributed by atoms with Crippen molar-refractivity contribution >= 4 is 27.2 Å². The fourth-order valence-corrected chi connectivity index (χ4v) is 1.82. The summed E-state index contributed by atoms with van der Waals surface area (Å²) in [5, 5.41) is 0.708. The average Bonchev–Trinajstić information content (AvgIpc) is 2.33. The number of rotatable bonds is 2. The smallest absolute Gasteiger partial charge is 0.185 e. The zero-order chi connectivity index (χ0) is 8.43. The molecule has 0 amide bonds. The third-order valence-electron chi connectivity index (χ3n) is 1.04. The lowest BCUT2D eigenvalue weighted by atomic mass is 10.9. The number of nitrogens with zero attached hydrogens (tertiary/aromatic N) is 2. The first-order valence-corrected chi connectivity index (χ1v) is 4.88. The quantitative estimate of drug-likeness (QED) is 0.679. The minimum atomic E-state index is -2.47. The van der Waals surface area contributed by atoms with Gasteiger partial charge in [0.05, 0.1) is 6.20 Å². The van der Waals surface area contributed by atoms with Crippen molar-refractivity contribution in [1.82, 2.24) is 4.98 Å². The van der Waals surface area contributed by atoms with Crippen molar-refractivity contribution in [3.8, 4) is 0 Å². The van der Waals surface area contributed by atoms with Gasteiger partial charge in [0.25, 0.3) is 0 Å². The normalized spacial score (nSPS) is 10.5.